The topological polar surface area (TPSA) is 74.7 Å². The molecule has 0 saturated carbocycles. The summed E-state index contributed by atoms with van der Waals surface area (Å²) in [6.45, 7) is 2.73. The Labute approximate surface area is 125 Å². The van der Waals surface area contributed by atoms with Crippen LogP contribution in [0.5, 0.6) is 0 Å². The second kappa shape index (κ2) is 6.58. The number of carbonyl (C=O) groups is 1. The summed E-state index contributed by atoms with van der Waals surface area (Å²) in [5.74, 6) is -0.692. The van der Waals surface area contributed by atoms with Gasteiger partial charge in [-0.2, -0.15) is 4.31 Å². The van der Waals surface area contributed by atoms with Gasteiger partial charge in [0.15, 0.2) is 0 Å². The number of hydrogen-bond donors (Lipinski definition) is 1. The van der Waals surface area contributed by atoms with Crippen LogP contribution in [-0.4, -0.2) is 36.9 Å². The molecule has 21 heavy (non-hydrogen) atoms. The summed E-state index contributed by atoms with van der Waals surface area (Å²) in [6.07, 6.45) is 2.32. The van der Waals surface area contributed by atoms with Crippen molar-refractivity contribution < 1.29 is 18.3 Å². The van der Waals surface area contributed by atoms with Gasteiger partial charge in [0.1, 0.15) is 0 Å². The third-order valence-electron chi connectivity index (χ3n) is 3.96. The van der Waals surface area contributed by atoms with Gasteiger partial charge < -0.3 is 5.11 Å². The molecule has 0 spiro atoms. The lowest BCUT2D eigenvalue weighted by molar-refractivity contribution is -0.137. The van der Waals surface area contributed by atoms with Crippen molar-refractivity contribution in [3.05, 3.63) is 29.8 Å². The van der Waals surface area contributed by atoms with E-state index in [1.165, 1.54) is 4.31 Å². The minimum Gasteiger partial charge on any atom is -0.481 e. The van der Waals surface area contributed by atoms with Gasteiger partial charge in [-0.05, 0) is 43.7 Å². The number of nitrogens with zero attached hydrogens (tertiary/aromatic N) is 1. The third-order valence-corrected chi connectivity index (χ3v) is 5.98. The Morgan fingerprint density at radius 1 is 1.38 bits per heavy atom. The predicted octanol–water partition coefficient (Wildman–Crippen LogP) is 2.26. The standard InChI is InChI=1S/C15H21NO4S/c1-12-5-2-3-7-14(12)21(19,20)16-10-4-6-13(11-16)8-9-15(17)18/h2-3,5,7,13H,4,6,8-11H2,1H3,(H,17,18). The number of benzene rings is 1. The number of carboxylic acids is 1. The van der Waals surface area contributed by atoms with E-state index in [0.29, 0.717) is 24.4 Å². The lowest BCUT2D eigenvalue weighted by atomic mass is 9.95. The van der Waals surface area contributed by atoms with Crippen molar-refractivity contribution >= 4 is 16.0 Å². The first kappa shape index (κ1) is 16.0. The molecular formula is C15H21NO4S. The summed E-state index contributed by atoms with van der Waals surface area (Å²) in [5, 5.41) is 8.75. The summed E-state index contributed by atoms with van der Waals surface area (Å²) in [5.41, 5.74) is 0.741. The average Bonchev–Trinajstić information content (AvgIpc) is 2.45. The average molecular weight is 311 g/mol. The smallest absolute Gasteiger partial charge is 0.303 e. The summed E-state index contributed by atoms with van der Waals surface area (Å²) in [7, 11) is -3.48. The Morgan fingerprint density at radius 2 is 2.10 bits per heavy atom. The Bertz CT molecular complexity index is 612. The fourth-order valence-electron chi connectivity index (χ4n) is 2.79. The van der Waals surface area contributed by atoms with Crippen LogP contribution in [0.4, 0.5) is 0 Å². The van der Waals surface area contributed by atoms with E-state index in [4.69, 9.17) is 5.11 Å². The van der Waals surface area contributed by atoms with E-state index in [1.54, 1.807) is 25.1 Å². The molecule has 1 atom stereocenters. The molecule has 1 aromatic rings. The molecule has 5 nitrogen and oxygen atoms in total. The molecule has 0 amide bonds. The van der Waals surface area contributed by atoms with Gasteiger partial charge in [0.2, 0.25) is 10.0 Å². The lowest BCUT2D eigenvalue weighted by Crippen LogP contribution is -2.40. The van der Waals surface area contributed by atoms with E-state index >= 15 is 0 Å². The SMILES string of the molecule is Cc1ccccc1S(=O)(=O)N1CCCC(CCC(=O)O)C1. The fourth-order valence-corrected chi connectivity index (χ4v) is 4.57. The molecule has 1 unspecified atom stereocenters. The molecule has 1 saturated heterocycles. The van der Waals surface area contributed by atoms with Gasteiger partial charge in [0, 0.05) is 19.5 Å². The quantitative estimate of drug-likeness (QED) is 0.905. The molecular weight excluding hydrogens is 290 g/mol. The fraction of sp³-hybridized carbons (Fsp3) is 0.533. The number of piperidine rings is 1. The van der Waals surface area contributed by atoms with Crippen LogP contribution in [0.25, 0.3) is 0 Å². The van der Waals surface area contributed by atoms with Crippen LogP contribution in [0.15, 0.2) is 29.2 Å². The van der Waals surface area contributed by atoms with E-state index in [9.17, 15) is 13.2 Å². The number of aliphatic carboxylic acids is 1. The summed E-state index contributed by atoms with van der Waals surface area (Å²) in [4.78, 5) is 11.0. The van der Waals surface area contributed by atoms with Gasteiger partial charge >= 0.3 is 5.97 Å². The van der Waals surface area contributed by atoms with Crippen LogP contribution < -0.4 is 0 Å². The molecule has 116 valence electrons. The van der Waals surface area contributed by atoms with Gasteiger partial charge in [-0.1, -0.05) is 18.2 Å². The van der Waals surface area contributed by atoms with Crippen LogP contribution in [0, 0.1) is 12.8 Å². The zero-order valence-electron chi connectivity index (χ0n) is 12.2. The summed E-state index contributed by atoms with van der Waals surface area (Å²) in [6, 6.07) is 6.97. The van der Waals surface area contributed by atoms with Gasteiger partial charge in [-0.25, -0.2) is 8.42 Å². The second-order valence-corrected chi connectivity index (χ2v) is 7.48. The van der Waals surface area contributed by atoms with Crippen molar-refractivity contribution in [3.8, 4) is 0 Å². The molecule has 1 heterocycles. The first-order valence-corrected chi connectivity index (χ1v) is 8.63. The zero-order chi connectivity index (χ0) is 15.5. The predicted molar refractivity (Wildman–Crippen MR) is 79.5 cm³/mol. The van der Waals surface area contributed by atoms with Crippen LogP contribution in [0.3, 0.4) is 0 Å². The highest BCUT2D eigenvalue weighted by atomic mass is 32.2. The minimum absolute atomic E-state index is 0.100. The molecule has 1 aliphatic heterocycles. The van der Waals surface area contributed by atoms with Crippen LogP contribution in [0.2, 0.25) is 0 Å². The number of rotatable bonds is 5. The van der Waals surface area contributed by atoms with Crippen molar-refractivity contribution in [2.45, 2.75) is 37.5 Å². The molecule has 0 aliphatic carbocycles. The van der Waals surface area contributed by atoms with E-state index in [1.807, 2.05) is 6.07 Å². The van der Waals surface area contributed by atoms with Crippen LogP contribution in [0.1, 0.15) is 31.2 Å². The monoisotopic (exact) mass is 311 g/mol. The summed E-state index contributed by atoms with van der Waals surface area (Å²) >= 11 is 0. The lowest BCUT2D eigenvalue weighted by Gasteiger charge is -2.32. The number of sulfonamides is 1. The Balaban J connectivity index is 2.13. The van der Waals surface area contributed by atoms with Crippen molar-refractivity contribution in [2.24, 2.45) is 5.92 Å². The van der Waals surface area contributed by atoms with Crippen molar-refractivity contribution in [3.63, 3.8) is 0 Å². The molecule has 2 rings (SSSR count). The normalized spacial score (nSPS) is 20.3. The second-order valence-electron chi connectivity index (χ2n) is 5.57. The maximum atomic E-state index is 12.7. The largest absolute Gasteiger partial charge is 0.481 e. The Hall–Kier alpha value is -1.40. The Morgan fingerprint density at radius 3 is 2.76 bits per heavy atom. The van der Waals surface area contributed by atoms with Crippen LogP contribution >= 0.6 is 0 Å². The van der Waals surface area contributed by atoms with Gasteiger partial charge in [-0.15, -0.1) is 0 Å². The zero-order valence-corrected chi connectivity index (χ0v) is 13.0. The highest BCUT2D eigenvalue weighted by molar-refractivity contribution is 7.89. The minimum atomic E-state index is -3.48. The molecule has 1 N–H and O–H groups in total. The van der Waals surface area contributed by atoms with E-state index in [-0.39, 0.29) is 12.3 Å². The van der Waals surface area contributed by atoms with Crippen molar-refractivity contribution in [1.82, 2.24) is 4.31 Å². The van der Waals surface area contributed by atoms with Gasteiger partial charge in [0.25, 0.3) is 0 Å². The molecule has 1 aliphatic rings. The molecule has 0 radical (unpaired) electrons. The first-order chi connectivity index (χ1) is 9.91. The maximum Gasteiger partial charge on any atom is 0.303 e. The first-order valence-electron chi connectivity index (χ1n) is 7.19. The molecule has 1 aromatic carbocycles. The molecule has 0 aromatic heterocycles. The maximum absolute atomic E-state index is 12.7. The van der Waals surface area contributed by atoms with E-state index < -0.39 is 16.0 Å². The van der Waals surface area contributed by atoms with Gasteiger partial charge in [0.05, 0.1) is 4.90 Å². The number of carboxylic acid groups (broad SMARTS) is 1. The van der Waals surface area contributed by atoms with Crippen molar-refractivity contribution in [1.29, 1.82) is 0 Å². The molecule has 0 bridgehead atoms. The van der Waals surface area contributed by atoms with E-state index in [0.717, 1.165) is 18.4 Å². The molecule has 6 heteroatoms. The summed E-state index contributed by atoms with van der Waals surface area (Å²) < 4.78 is 26.9. The Kier molecular flexibility index (Phi) is 5.00. The van der Waals surface area contributed by atoms with Crippen molar-refractivity contribution in [2.75, 3.05) is 13.1 Å². The highest BCUT2D eigenvalue weighted by Gasteiger charge is 2.31. The van der Waals surface area contributed by atoms with Gasteiger partial charge in [-0.3, -0.25) is 4.79 Å². The highest BCUT2D eigenvalue weighted by Crippen LogP contribution is 2.27. The van der Waals surface area contributed by atoms with E-state index in [2.05, 4.69) is 0 Å². The number of aryl methyl sites for hydroxylation is 1. The van der Waals surface area contributed by atoms with Crippen LogP contribution in [-0.2, 0) is 14.8 Å². The molecule has 1 fully saturated rings. The number of hydrogen-bond acceptors (Lipinski definition) is 3. The third kappa shape index (κ3) is 3.83.